The van der Waals surface area contributed by atoms with Crippen molar-refractivity contribution in [2.75, 3.05) is 38.0 Å². The van der Waals surface area contributed by atoms with Gasteiger partial charge in [0.1, 0.15) is 0 Å². The lowest BCUT2D eigenvalue weighted by atomic mass is 10.2. The van der Waals surface area contributed by atoms with E-state index in [1.165, 1.54) is 12.3 Å². The van der Waals surface area contributed by atoms with E-state index in [-0.39, 0.29) is 18.2 Å². The van der Waals surface area contributed by atoms with E-state index in [2.05, 4.69) is 5.32 Å². The Morgan fingerprint density at radius 2 is 1.77 bits per heavy atom. The van der Waals surface area contributed by atoms with Gasteiger partial charge >= 0.3 is 0 Å². The van der Waals surface area contributed by atoms with Crippen molar-refractivity contribution in [2.45, 2.75) is 6.42 Å². The Labute approximate surface area is 149 Å². The maximum Gasteiger partial charge on any atom is 0.289 e. The second-order valence-electron chi connectivity index (χ2n) is 5.96. The summed E-state index contributed by atoms with van der Waals surface area (Å²) < 4.78 is 31.1. The minimum absolute atomic E-state index is 0.0508. The van der Waals surface area contributed by atoms with Crippen LogP contribution in [-0.2, 0) is 4.79 Å². The van der Waals surface area contributed by atoms with Crippen LogP contribution in [0.15, 0.2) is 41.0 Å². The van der Waals surface area contributed by atoms with Crippen molar-refractivity contribution in [3.05, 3.63) is 54.0 Å². The summed E-state index contributed by atoms with van der Waals surface area (Å²) >= 11 is 0. The number of nitrogens with one attached hydrogen (secondary N) is 1. The molecule has 0 radical (unpaired) electrons. The first-order valence-corrected chi connectivity index (χ1v) is 8.34. The van der Waals surface area contributed by atoms with E-state index in [0.29, 0.717) is 44.2 Å². The molecule has 138 valence electrons. The zero-order valence-corrected chi connectivity index (χ0v) is 14.1. The number of hydrogen-bond donors (Lipinski definition) is 1. The molecule has 26 heavy (non-hydrogen) atoms. The summed E-state index contributed by atoms with van der Waals surface area (Å²) in [4.78, 5) is 27.8. The molecule has 1 aromatic carbocycles. The van der Waals surface area contributed by atoms with Crippen LogP contribution in [0.5, 0.6) is 0 Å². The molecule has 1 fully saturated rings. The highest BCUT2D eigenvalue weighted by molar-refractivity contribution is 5.91. The van der Waals surface area contributed by atoms with Gasteiger partial charge in [-0.2, -0.15) is 0 Å². The number of piperazine rings is 1. The molecular weight excluding hydrogens is 344 g/mol. The average molecular weight is 363 g/mol. The molecule has 0 unspecified atom stereocenters. The average Bonchev–Trinajstić information content (AvgIpc) is 3.19. The summed E-state index contributed by atoms with van der Waals surface area (Å²) in [6.45, 7) is 2.12. The molecule has 1 aliphatic heterocycles. The topological polar surface area (TPSA) is 65.8 Å². The van der Waals surface area contributed by atoms with Crippen molar-refractivity contribution < 1.29 is 22.8 Å². The van der Waals surface area contributed by atoms with Gasteiger partial charge in [-0.3, -0.25) is 9.59 Å². The van der Waals surface area contributed by atoms with Crippen LogP contribution in [-0.4, -0.2) is 54.3 Å². The van der Waals surface area contributed by atoms with E-state index in [9.17, 15) is 18.4 Å². The third-order valence-corrected chi connectivity index (χ3v) is 4.24. The maximum absolute atomic E-state index is 13.1. The summed E-state index contributed by atoms with van der Waals surface area (Å²) in [5, 5.41) is 2.90. The van der Waals surface area contributed by atoms with Crippen molar-refractivity contribution in [3.8, 4) is 0 Å². The molecule has 0 bridgehead atoms. The zero-order chi connectivity index (χ0) is 18.5. The number of amides is 2. The predicted molar refractivity (Wildman–Crippen MR) is 90.7 cm³/mol. The monoisotopic (exact) mass is 363 g/mol. The molecule has 1 N–H and O–H groups in total. The fraction of sp³-hybridized carbons (Fsp3) is 0.333. The van der Waals surface area contributed by atoms with Gasteiger partial charge in [-0.15, -0.1) is 0 Å². The van der Waals surface area contributed by atoms with Crippen LogP contribution in [0.3, 0.4) is 0 Å². The van der Waals surface area contributed by atoms with Gasteiger partial charge in [0, 0.05) is 44.8 Å². The number of benzene rings is 1. The first-order chi connectivity index (χ1) is 12.5. The van der Waals surface area contributed by atoms with Crippen LogP contribution in [0, 0.1) is 11.6 Å². The number of nitrogens with zero attached hydrogens (tertiary/aromatic N) is 2. The quantitative estimate of drug-likeness (QED) is 0.886. The first-order valence-electron chi connectivity index (χ1n) is 8.34. The molecule has 1 aliphatic rings. The van der Waals surface area contributed by atoms with Crippen molar-refractivity contribution >= 4 is 17.5 Å². The molecule has 0 spiro atoms. The van der Waals surface area contributed by atoms with Gasteiger partial charge < -0.3 is 19.5 Å². The summed E-state index contributed by atoms with van der Waals surface area (Å²) in [7, 11) is 0. The van der Waals surface area contributed by atoms with Crippen LogP contribution in [0.2, 0.25) is 0 Å². The molecule has 6 nitrogen and oxygen atoms in total. The minimum Gasteiger partial charge on any atom is -0.459 e. The van der Waals surface area contributed by atoms with E-state index in [4.69, 9.17) is 4.42 Å². The van der Waals surface area contributed by atoms with Gasteiger partial charge in [0.15, 0.2) is 17.4 Å². The molecular formula is C18H19F2N3O3. The molecule has 3 rings (SSSR count). The van der Waals surface area contributed by atoms with E-state index in [0.717, 1.165) is 12.1 Å². The molecule has 0 atom stereocenters. The van der Waals surface area contributed by atoms with Crippen LogP contribution < -0.4 is 5.32 Å². The second-order valence-corrected chi connectivity index (χ2v) is 5.96. The summed E-state index contributed by atoms with van der Waals surface area (Å²) in [5.41, 5.74) is 0.422. The van der Waals surface area contributed by atoms with Crippen LogP contribution in [0.1, 0.15) is 17.0 Å². The smallest absolute Gasteiger partial charge is 0.289 e. The molecule has 0 aliphatic carbocycles. The lowest BCUT2D eigenvalue weighted by Gasteiger charge is -2.34. The van der Waals surface area contributed by atoms with Crippen molar-refractivity contribution in [2.24, 2.45) is 0 Å². The number of anilines is 1. The molecule has 8 heteroatoms. The normalized spacial score (nSPS) is 14.4. The Bertz CT molecular complexity index is 772. The van der Waals surface area contributed by atoms with Gasteiger partial charge in [-0.05, 0) is 30.3 Å². The Hall–Kier alpha value is -2.90. The molecule has 1 aromatic heterocycles. The van der Waals surface area contributed by atoms with Gasteiger partial charge in [0.05, 0.1) is 6.26 Å². The van der Waals surface area contributed by atoms with E-state index < -0.39 is 11.6 Å². The SMILES string of the molecule is O=C(CCNc1ccc(F)c(F)c1)N1CCN(C(=O)c2ccco2)CC1. The molecule has 0 saturated carbocycles. The van der Waals surface area contributed by atoms with E-state index in [1.54, 1.807) is 21.9 Å². The van der Waals surface area contributed by atoms with Crippen LogP contribution in [0.25, 0.3) is 0 Å². The van der Waals surface area contributed by atoms with Crippen LogP contribution >= 0.6 is 0 Å². The first kappa shape index (κ1) is 17.9. The van der Waals surface area contributed by atoms with Gasteiger partial charge in [-0.1, -0.05) is 0 Å². The lowest BCUT2D eigenvalue weighted by Crippen LogP contribution is -2.50. The lowest BCUT2D eigenvalue weighted by molar-refractivity contribution is -0.132. The zero-order valence-electron chi connectivity index (χ0n) is 14.1. The summed E-state index contributed by atoms with van der Waals surface area (Å²) in [6, 6.07) is 6.78. The fourth-order valence-electron chi connectivity index (χ4n) is 2.79. The largest absolute Gasteiger partial charge is 0.459 e. The number of carbonyl (C=O) groups excluding carboxylic acids is 2. The number of furan rings is 1. The Kier molecular flexibility index (Phi) is 5.50. The number of hydrogen-bond acceptors (Lipinski definition) is 4. The predicted octanol–water partition coefficient (Wildman–Crippen LogP) is 2.34. The summed E-state index contributed by atoms with van der Waals surface area (Å²) in [6.07, 6.45) is 1.68. The highest BCUT2D eigenvalue weighted by Crippen LogP contribution is 2.14. The number of rotatable bonds is 5. The van der Waals surface area contributed by atoms with Crippen molar-refractivity contribution in [1.29, 1.82) is 0 Å². The van der Waals surface area contributed by atoms with Crippen molar-refractivity contribution in [3.63, 3.8) is 0 Å². The highest BCUT2D eigenvalue weighted by atomic mass is 19.2. The summed E-state index contributed by atoms with van der Waals surface area (Å²) in [5.74, 6) is -1.78. The molecule has 1 saturated heterocycles. The second kappa shape index (κ2) is 7.99. The molecule has 2 heterocycles. The Morgan fingerprint density at radius 3 is 2.42 bits per heavy atom. The van der Waals surface area contributed by atoms with Crippen LogP contribution in [0.4, 0.5) is 14.5 Å². The standard InChI is InChI=1S/C18H19F2N3O3/c19-14-4-3-13(12-15(14)20)21-6-5-17(24)22-7-9-23(10-8-22)18(25)16-2-1-11-26-16/h1-4,11-12,21H,5-10H2. The van der Waals surface area contributed by atoms with Gasteiger partial charge in [0.2, 0.25) is 5.91 Å². The fourth-order valence-corrected chi connectivity index (χ4v) is 2.79. The molecule has 2 aromatic rings. The van der Waals surface area contributed by atoms with E-state index in [1.807, 2.05) is 0 Å². The highest BCUT2D eigenvalue weighted by Gasteiger charge is 2.25. The minimum atomic E-state index is -0.932. The Morgan fingerprint density at radius 1 is 1.04 bits per heavy atom. The third-order valence-electron chi connectivity index (χ3n) is 4.24. The number of carbonyl (C=O) groups is 2. The van der Waals surface area contributed by atoms with Crippen molar-refractivity contribution in [1.82, 2.24) is 9.80 Å². The van der Waals surface area contributed by atoms with Gasteiger partial charge in [-0.25, -0.2) is 8.78 Å². The Balaban J connectivity index is 1.42. The third kappa shape index (κ3) is 4.19. The molecule has 2 amide bonds. The van der Waals surface area contributed by atoms with Gasteiger partial charge in [0.25, 0.3) is 5.91 Å². The maximum atomic E-state index is 13.1. The van der Waals surface area contributed by atoms with E-state index >= 15 is 0 Å². The number of halogens is 2.